The Balaban J connectivity index is 2.49. The van der Waals surface area contributed by atoms with Crippen LogP contribution in [0.2, 0.25) is 0 Å². The summed E-state index contributed by atoms with van der Waals surface area (Å²) in [6.45, 7) is 4.77. The van der Waals surface area contributed by atoms with E-state index in [9.17, 15) is 13.2 Å². The van der Waals surface area contributed by atoms with Crippen LogP contribution in [0.5, 0.6) is 0 Å². The number of carbonyl (C=O) groups is 1. The fraction of sp³-hybridized carbons (Fsp3) is 0.923. The molecular formula is C13H26N2O5S. The predicted octanol–water partition coefficient (Wildman–Crippen LogP) is 0.416. The highest BCUT2D eigenvalue weighted by atomic mass is 32.2. The van der Waals surface area contributed by atoms with Crippen LogP contribution in [0.3, 0.4) is 0 Å². The molecule has 0 aromatic rings. The molecule has 1 fully saturated rings. The van der Waals surface area contributed by atoms with Crippen molar-refractivity contribution in [2.75, 3.05) is 26.2 Å². The molecule has 0 amide bonds. The fourth-order valence-electron chi connectivity index (χ4n) is 2.37. The zero-order valence-corrected chi connectivity index (χ0v) is 13.5. The highest BCUT2D eigenvalue weighted by molar-refractivity contribution is 7.87. The third kappa shape index (κ3) is 5.90. The first kappa shape index (κ1) is 18.3. The lowest BCUT2D eigenvalue weighted by Gasteiger charge is -2.31. The summed E-state index contributed by atoms with van der Waals surface area (Å²) in [7, 11) is -3.56. The van der Waals surface area contributed by atoms with Crippen molar-refractivity contribution in [2.24, 2.45) is 11.3 Å². The number of rotatable bonds is 8. The lowest BCUT2D eigenvalue weighted by atomic mass is 9.88. The van der Waals surface area contributed by atoms with Gasteiger partial charge in [0.2, 0.25) is 0 Å². The number of aliphatic hydroxyl groups is 1. The zero-order valence-electron chi connectivity index (χ0n) is 12.7. The molecule has 0 aliphatic carbocycles. The average molecular weight is 322 g/mol. The van der Waals surface area contributed by atoms with Gasteiger partial charge in [0, 0.05) is 26.2 Å². The number of aliphatic hydroxyl groups excluding tert-OH is 1. The van der Waals surface area contributed by atoms with E-state index in [4.69, 9.17) is 10.2 Å². The van der Waals surface area contributed by atoms with Gasteiger partial charge in [0.25, 0.3) is 10.2 Å². The van der Waals surface area contributed by atoms with Crippen molar-refractivity contribution in [3.8, 4) is 0 Å². The topological polar surface area (TPSA) is 107 Å². The molecule has 1 aliphatic rings. The van der Waals surface area contributed by atoms with Crippen molar-refractivity contribution in [3.05, 3.63) is 0 Å². The Kier molecular flexibility index (Phi) is 6.58. The molecule has 1 saturated heterocycles. The van der Waals surface area contributed by atoms with Gasteiger partial charge < -0.3 is 10.2 Å². The molecule has 0 aromatic carbocycles. The molecule has 0 unspecified atom stereocenters. The van der Waals surface area contributed by atoms with Crippen molar-refractivity contribution in [3.63, 3.8) is 0 Å². The Hall–Kier alpha value is -0.700. The SMILES string of the molecule is CC(C)(CCCO)CNS(=O)(=O)N1CCC(C(=O)O)CC1. The average Bonchev–Trinajstić information content (AvgIpc) is 2.43. The molecule has 3 N–H and O–H groups in total. The normalized spacial score (nSPS) is 18.8. The number of carboxylic acid groups (broad SMARTS) is 1. The van der Waals surface area contributed by atoms with Crippen LogP contribution in [-0.4, -0.2) is 55.1 Å². The summed E-state index contributed by atoms with van der Waals surface area (Å²) in [6, 6.07) is 0. The molecule has 0 aromatic heterocycles. The summed E-state index contributed by atoms with van der Waals surface area (Å²) in [6.07, 6.45) is 2.07. The van der Waals surface area contributed by atoms with E-state index in [2.05, 4.69) is 4.72 Å². The lowest BCUT2D eigenvalue weighted by Crippen LogP contribution is -2.48. The molecule has 7 nitrogen and oxygen atoms in total. The molecule has 0 spiro atoms. The van der Waals surface area contributed by atoms with Gasteiger partial charge in [-0.15, -0.1) is 0 Å². The van der Waals surface area contributed by atoms with Gasteiger partial charge in [0.15, 0.2) is 0 Å². The zero-order chi connectivity index (χ0) is 16.1. The van der Waals surface area contributed by atoms with Gasteiger partial charge in [-0.1, -0.05) is 13.8 Å². The number of piperidine rings is 1. The van der Waals surface area contributed by atoms with Crippen molar-refractivity contribution in [1.29, 1.82) is 0 Å². The van der Waals surface area contributed by atoms with Gasteiger partial charge in [-0.05, 0) is 31.1 Å². The molecule has 21 heavy (non-hydrogen) atoms. The Bertz CT molecular complexity index is 441. The maximum Gasteiger partial charge on any atom is 0.306 e. The van der Waals surface area contributed by atoms with E-state index in [1.54, 1.807) is 0 Å². The van der Waals surface area contributed by atoms with Crippen LogP contribution in [-0.2, 0) is 15.0 Å². The molecule has 8 heteroatoms. The quantitative estimate of drug-likeness (QED) is 0.600. The predicted molar refractivity (Wildman–Crippen MR) is 79.0 cm³/mol. The van der Waals surface area contributed by atoms with Crippen LogP contribution < -0.4 is 4.72 Å². The third-order valence-corrected chi connectivity index (χ3v) is 5.44. The minimum atomic E-state index is -3.56. The van der Waals surface area contributed by atoms with Gasteiger partial charge >= 0.3 is 5.97 Å². The highest BCUT2D eigenvalue weighted by Crippen LogP contribution is 2.23. The van der Waals surface area contributed by atoms with E-state index in [1.165, 1.54) is 4.31 Å². The highest BCUT2D eigenvalue weighted by Gasteiger charge is 2.31. The minimum absolute atomic E-state index is 0.0961. The molecule has 1 rings (SSSR count). The lowest BCUT2D eigenvalue weighted by molar-refractivity contribution is -0.142. The number of carboxylic acids is 1. The van der Waals surface area contributed by atoms with Crippen LogP contribution in [0, 0.1) is 11.3 Å². The van der Waals surface area contributed by atoms with E-state index in [0.717, 1.165) is 6.42 Å². The second-order valence-corrected chi connectivity index (χ2v) is 8.08. The Morgan fingerprint density at radius 3 is 2.38 bits per heavy atom. The summed E-state index contributed by atoms with van der Waals surface area (Å²) in [5.41, 5.74) is -0.227. The minimum Gasteiger partial charge on any atom is -0.481 e. The number of nitrogens with one attached hydrogen (secondary N) is 1. The van der Waals surface area contributed by atoms with E-state index < -0.39 is 22.1 Å². The Labute approximate surface area is 126 Å². The Morgan fingerprint density at radius 1 is 1.33 bits per heavy atom. The summed E-state index contributed by atoms with van der Waals surface area (Å²) in [4.78, 5) is 10.9. The first-order chi connectivity index (χ1) is 9.68. The van der Waals surface area contributed by atoms with Gasteiger partial charge in [-0.2, -0.15) is 12.7 Å². The second kappa shape index (κ2) is 7.53. The van der Waals surface area contributed by atoms with Crippen LogP contribution in [0.25, 0.3) is 0 Å². The molecule has 0 radical (unpaired) electrons. The van der Waals surface area contributed by atoms with E-state index in [-0.39, 0.29) is 25.1 Å². The van der Waals surface area contributed by atoms with E-state index >= 15 is 0 Å². The standard InChI is InChI=1S/C13H26N2O5S/c1-13(2,6-3-9-16)10-14-21(19,20)15-7-4-11(5-8-15)12(17)18/h11,14,16H,3-10H2,1-2H3,(H,17,18). The maximum absolute atomic E-state index is 12.2. The van der Waals surface area contributed by atoms with Crippen molar-refractivity contribution in [1.82, 2.24) is 9.03 Å². The molecule has 124 valence electrons. The van der Waals surface area contributed by atoms with Gasteiger partial charge in [-0.3, -0.25) is 4.79 Å². The maximum atomic E-state index is 12.2. The number of hydrogen-bond donors (Lipinski definition) is 3. The Morgan fingerprint density at radius 2 is 1.90 bits per heavy atom. The van der Waals surface area contributed by atoms with Gasteiger partial charge in [0.1, 0.15) is 0 Å². The van der Waals surface area contributed by atoms with E-state index in [0.29, 0.717) is 25.8 Å². The molecule has 0 bridgehead atoms. The summed E-state index contributed by atoms with van der Waals surface area (Å²) in [5.74, 6) is -1.30. The molecule has 0 atom stereocenters. The van der Waals surface area contributed by atoms with Crippen molar-refractivity contribution < 1.29 is 23.4 Å². The fourth-order valence-corrected chi connectivity index (χ4v) is 3.81. The van der Waals surface area contributed by atoms with Crippen LogP contribution >= 0.6 is 0 Å². The van der Waals surface area contributed by atoms with Gasteiger partial charge in [0.05, 0.1) is 5.92 Å². The third-order valence-electron chi connectivity index (χ3n) is 3.89. The number of nitrogens with zero attached hydrogens (tertiary/aromatic N) is 1. The summed E-state index contributed by atoms with van der Waals surface area (Å²) < 4.78 is 28.3. The van der Waals surface area contributed by atoms with Crippen LogP contribution in [0.15, 0.2) is 0 Å². The van der Waals surface area contributed by atoms with Crippen molar-refractivity contribution >= 4 is 16.2 Å². The van der Waals surface area contributed by atoms with Crippen molar-refractivity contribution in [2.45, 2.75) is 39.5 Å². The summed E-state index contributed by atoms with van der Waals surface area (Å²) in [5, 5.41) is 17.8. The smallest absolute Gasteiger partial charge is 0.306 e. The van der Waals surface area contributed by atoms with Gasteiger partial charge in [-0.25, -0.2) is 4.72 Å². The number of aliphatic carboxylic acids is 1. The molecular weight excluding hydrogens is 296 g/mol. The molecule has 1 heterocycles. The largest absolute Gasteiger partial charge is 0.481 e. The first-order valence-corrected chi connectivity index (χ1v) is 8.70. The summed E-state index contributed by atoms with van der Waals surface area (Å²) >= 11 is 0. The van der Waals surface area contributed by atoms with Crippen LogP contribution in [0.1, 0.15) is 39.5 Å². The molecule has 1 aliphatic heterocycles. The monoisotopic (exact) mass is 322 g/mol. The first-order valence-electron chi connectivity index (χ1n) is 7.26. The second-order valence-electron chi connectivity index (χ2n) is 6.33. The number of hydrogen-bond acceptors (Lipinski definition) is 4. The van der Waals surface area contributed by atoms with E-state index in [1.807, 2.05) is 13.8 Å². The molecule has 0 saturated carbocycles. The van der Waals surface area contributed by atoms with Crippen LogP contribution in [0.4, 0.5) is 0 Å².